The van der Waals surface area contributed by atoms with Crippen molar-refractivity contribution in [1.82, 2.24) is 19.8 Å². The Bertz CT molecular complexity index is 861. The number of nitrogens with one attached hydrogen (secondary N) is 1. The molecule has 1 unspecified atom stereocenters. The Hall–Kier alpha value is -1.99. The summed E-state index contributed by atoms with van der Waals surface area (Å²) in [5.41, 5.74) is 2.16. The zero-order valence-corrected chi connectivity index (χ0v) is 19.1. The molecule has 0 aliphatic carbocycles. The van der Waals surface area contributed by atoms with Crippen molar-refractivity contribution in [2.24, 2.45) is 5.92 Å². The molecule has 2 saturated heterocycles. The van der Waals surface area contributed by atoms with Crippen LogP contribution in [0.4, 0.5) is 5.13 Å². The highest BCUT2D eigenvalue weighted by Crippen LogP contribution is 2.27. The van der Waals surface area contributed by atoms with Gasteiger partial charge in [0.15, 0.2) is 5.13 Å². The first-order valence-electron chi connectivity index (χ1n) is 11.2. The van der Waals surface area contributed by atoms with Crippen molar-refractivity contribution in [3.05, 3.63) is 40.7 Å². The Kier molecular flexibility index (Phi) is 6.68. The summed E-state index contributed by atoms with van der Waals surface area (Å²) < 4.78 is 0. The number of likely N-dealkylation sites (tertiary alicyclic amines) is 2. The van der Waals surface area contributed by atoms with Gasteiger partial charge < -0.3 is 10.2 Å². The topological polar surface area (TPSA) is 61.4 Å². The van der Waals surface area contributed by atoms with Crippen molar-refractivity contribution in [2.75, 3.05) is 31.5 Å². The average molecular weight is 428 g/mol. The number of carbonyl (C=O) groups is 1. The number of pyridine rings is 1. The van der Waals surface area contributed by atoms with Crippen molar-refractivity contribution >= 4 is 22.4 Å². The van der Waals surface area contributed by atoms with Crippen molar-refractivity contribution in [1.29, 1.82) is 0 Å². The molecule has 4 heterocycles. The van der Waals surface area contributed by atoms with Crippen LogP contribution in [0.15, 0.2) is 24.5 Å². The second kappa shape index (κ2) is 9.43. The van der Waals surface area contributed by atoms with Crippen LogP contribution in [-0.4, -0.2) is 57.9 Å². The molecule has 7 heteroatoms. The molecule has 1 N–H and O–H groups in total. The number of hydrogen-bond acceptors (Lipinski definition) is 6. The SMILES string of the molecule is Cc1cccnc1C(C)Nc1ncc(C(=O)N2CCC(N3CCC[C@@H](C)C3)CC2)s1. The van der Waals surface area contributed by atoms with Crippen LogP contribution in [0.2, 0.25) is 0 Å². The molecule has 2 atom stereocenters. The molecule has 4 rings (SSSR count). The molecule has 1 amide bonds. The number of carbonyl (C=O) groups excluding carboxylic acids is 1. The van der Waals surface area contributed by atoms with Crippen LogP contribution < -0.4 is 5.32 Å². The summed E-state index contributed by atoms with van der Waals surface area (Å²) in [7, 11) is 0. The summed E-state index contributed by atoms with van der Waals surface area (Å²) in [6.07, 6.45) is 8.36. The van der Waals surface area contributed by atoms with Gasteiger partial charge >= 0.3 is 0 Å². The maximum Gasteiger partial charge on any atom is 0.265 e. The van der Waals surface area contributed by atoms with E-state index >= 15 is 0 Å². The lowest BCUT2D eigenvalue weighted by molar-refractivity contribution is 0.0545. The van der Waals surface area contributed by atoms with Gasteiger partial charge in [0.05, 0.1) is 17.9 Å². The highest BCUT2D eigenvalue weighted by molar-refractivity contribution is 7.17. The molecule has 2 aromatic heterocycles. The highest BCUT2D eigenvalue weighted by atomic mass is 32.1. The molecule has 2 aliphatic rings. The fourth-order valence-electron chi connectivity index (χ4n) is 4.79. The standard InChI is InChI=1S/C23H33N5OS/c1-16-6-5-11-28(15-16)19-8-12-27(13-9-19)22(29)20-14-25-23(30-20)26-18(3)21-17(2)7-4-10-24-21/h4,7,10,14,16,18-19H,5-6,8-9,11-13,15H2,1-3H3,(H,25,26)/t16-,18?/m1/s1. The molecular weight excluding hydrogens is 394 g/mol. The minimum atomic E-state index is 0.0444. The van der Waals surface area contributed by atoms with E-state index in [1.54, 1.807) is 6.20 Å². The largest absolute Gasteiger partial charge is 0.353 e. The second-order valence-corrected chi connectivity index (χ2v) is 9.90. The number of piperidine rings is 2. The van der Waals surface area contributed by atoms with Crippen LogP contribution in [0.3, 0.4) is 0 Å². The van der Waals surface area contributed by atoms with Crippen molar-refractivity contribution in [2.45, 2.75) is 58.5 Å². The lowest BCUT2D eigenvalue weighted by Gasteiger charge is -2.41. The van der Waals surface area contributed by atoms with Crippen LogP contribution >= 0.6 is 11.3 Å². The molecule has 2 aliphatic heterocycles. The molecular formula is C23H33N5OS. The number of aromatic nitrogens is 2. The first-order valence-corrected chi connectivity index (χ1v) is 12.0. The Morgan fingerprint density at radius 2 is 2.03 bits per heavy atom. The van der Waals surface area contributed by atoms with E-state index in [-0.39, 0.29) is 11.9 Å². The summed E-state index contributed by atoms with van der Waals surface area (Å²) in [4.78, 5) is 27.3. The number of thiazole rings is 1. The van der Waals surface area contributed by atoms with Crippen molar-refractivity contribution < 1.29 is 4.79 Å². The van der Waals surface area contributed by atoms with E-state index in [1.807, 2.05) is 17.2 Å². The van der Waals surface area contributed by atoms with Crippen molar-refractivity contribution in [3.8, 4) is 0 Å². The summed E-state index contributed by atoms with van der Waals surface area (Å²) in [5.74, 6) is 0.923. The van der Waals surface area contributed by atoms with Gasteiger partial charge in [0.2, 0.25) is 0 Å². The van der Waals surface area contributed by atoms with Crippen LogP contribution in [-0.2, 0) is 0 Å². The predicted molar refractivity (Wildman–Crippen MR) is 122 cm³/mol. The normalized spacial score (nSPS) is 22.1. The zero-order chi connectivity index (χ0) is 21.1. The van der Waals surface area contributed by atoms with Gasteiger partial charge in [0.1, 0.15) is 4.88 Å². The highest BCUT2D eigenvalue weighted by Gasteiger charge is 2.30. The summed E-state index contributed by atoms with van der Waals surface area (Å²) >= 11 is 1.44. The first-order chi connectivity index (χ1) is 14.5. The minimum absolute atomic E-state index is 0.0444. The number of aryl methyl sites for hydroxylation is 1. The lowest BCUT2D eigenvalue weighted by atomic mass is 9.95. The maximum absolute atomic E-state index is 13.0. The Labute approximate surface area is 183 Å². The third-order valence-electron chi connectivity index (χ3n) is 6.47. The Morgan fingerprint density at radius 3 is 2.77 bits per heavy atom. The number of amides is 1. The Balaban J connectivity index is 1.32. The van der Waals surface area contributed by atoms with Gasteiger partial charge in [-0.15, -0.1) is 0 Å². The van der Waals surface area contributed by atoms with E-state index in [1.165, 1.54) is 37.3 Å². The number of anilines is 1. The molecule has 2 fully saturated rings. The molecule has 30 heavy (non-hydrogen) atoms. The van der Waals surface area contributed by atoms with Gasteiger partial charge in [-0.05, 0) is 63.6 Å². The number of nitrogens with zero attached hydrogens (tertiary/aromatic N) is 4. The van der Waals surface area contributed by atoms with E-state index in [4.69, 9.17) is 0 Å². The van der Waals surface area contributed by atoms with Crippen molar-refractivity contribution in [3.63, 3.8) is 0 Å². The predicted octanol–water partition coefficient (Wildman–Crippen LogP) is 4.36. The fourth-order valence-corrected chi connectivity index (χ4v) is 5.66. The maximum atomic E-state index is 13.0. The lowest BCUT2D eigenvalue weighted by Crippen LogP contribution is -2.49. The third-order valence-corrected chi connectivity index (χ3v) is 7.39. The number of rotatable bonds is 5. The molecule has 0 saturated carbocycles. The Morgan fingerprint density at radius 1 is 1.23 bits per heavy atom. The second-order valence-electron chi connectivity index (χ2n) is 8.87. The van der Waals surface area contributed by atoms with Gasteiger partial charge in [0.25, 0.3) is 5.91 Å². The van der Waals surface area contributed by atoms with Gasteiger partial charge in [-0.1, -0.05) is 24.3 Å². The average Bonchev–Trinajstić information content (AvgIpc) is 3.22. The van der Waals surface area contributed by atoms with Crippen LogP contribution in [0.5, 0.6) is 0 Å². The molecule has 0 radical (unpaired) electrons. The third kappa shape index (κ3) is 4.83. The van der Waals surface area contributed by atoms with E-state index in [0.717, 1.165) is 48.2 Å². The van der Waals surface area contributed by atoms with Gasteiger partial charge in [-0.25, -0.2) is 4.98 Å². The van der Waals surface area contributed by atoms with Crippen LogP contribution in [0.25, 0.3) is 0 Å². The molecule has 0 spiro atoms. The number of hydrogen-bond donors (Lipinski definition) is 1. The zero-order valence-electron chi connectivity index (χ0n) is 18.3. The van der Waals surface area contributed by atoms with E-state index in [2.05, 4.69) is 47.0 Å². The molecule has 0 bridgehead atoms. The smallest absolute Gasteiger partial charge is 0.265 e. The molecule has 2 aromatic rings. The van der Waals surface area contributed by atoms with Crippen LogP contribution in [0, 0.1) is 12.8 Å². The van der Waals surface area contributed by atoms with Crippen LogP contribution in [0.1, 0.15) is 66.5 Å². The quantitative estimate of drug-likeness (QED) is 0.768. The van der Waals surface area contributed by atoms with E-state index in [0.29, 0.717) is 10.9 Å². The molecule has 162 valence electrons. The minimum Gasteiger partial charge on any atom is -0.353 e. The van der Waals surface area contributed by atoms with Gasteiger partial charge in [-0.3, -0.25) is 14.7 Å². The summed E-state index contributed by atoms with van der Waals surface area (Å²) in [6, 6.07) is 4.69. The fraction of sp³-hybridized carbons (Fsp3) is 0.609. The summed E-state index contributed by atoms with van der Waals surface area (Å²) in [5, 5.41) is 4.17. The van der Waals surface area contributed by atoms with E-state index < -0.39 is 0 Å². The van der Waals surface area contributed by atoms with E-state index in [9.17, 15) is 4.79 Å². The van der Waals surface area contributed by atoms with Gasteiger partial charge in [0, 0.05) is 31.9 Å². The molecule has 6 nitrogen and oxygen atoms in total. The monoisotopic (exact) mass is 427 g/mol. The summed E-state index contributed by atoms with van der Waals surface area (Å²) in [6.45, 7) is 10.6. The first kappa shape index (κ1) is 21.2. The molecule has 0 aromatic carbocycles. The van der Waals surface area contributed by atoms with Gasteiger partial charge in [-0.2, -0.15) is 0 Å².